The number of hydrogen-bond acceptors (Lipinski definition) is 2. The van der Waals surface area contributed by atoms with Crippen LogP contribution in [0.3, 0.4) is 0 Å². The summed E-state index contributed by atoms with van der Waals surface area (Å²) in [6, 6.07) is 14.9. The second-order valence-corrected chi connectivity index (χ2v) is 7.46. The number of ketones is 1. The van der Waals surface area contributed by atoms with Crippen molar-refractivity contribution in [1.29, 1.82) is 0 Å². The summed E-state index contributed by atoms with van der Waals surface area (Å²) in [4.78, 5) is 12.9. The Morgan fingerprint density at radius 1 is 1.15 bits per heavy atom. The predicted octanol–water partition coefficient (Wildman–Crippen LogP) is 4.68. The van der Waals surface area contributed by atoms with Crippen LogP contribution in [0.25, 0.3) is 0 Å². The summed E-state index contributed by atoms with van der Waals surface area (Å²) in [5, 5.41) is 4.23. The Kier molecular flexibility index (Phi) is 6.51. The van der Waals surface area contributed by atoms with Gasteiger partial charge in [0.15, 0.2) is 6.54 Å². The average Bonchev–Trinajstić information content (AvgIpc) is 2.91. The van der Waals surface area contributed by atoms with Crippen LogP contribution in [-0.4, -0.2) is 36.4 Å². The quantitative estimate of drug-likeness (QED) is 0.600. The largest absolute Gasteiger partial charge is 0.497 e. The van der Waals surface area contributed by atoms with Gasteiger partial charge in [-0.2, -0.15) is 0 Å². The van der Waals surface area contributed by atoms with Crippen molar-refractivity contribution in [2.75, 3.05) is 20.2 Å². The molecule has 1 saturated heterocycles. The van der Waals surface area contributed by atoms with Gasteiger partial charge in [0.1, 0.15) is 11.4 Å². The van der Waals surface area contributed by atoms with Gasteiger partial charge in [0.2, 0.25) is 11.6 Å². The van der Waals surface area contributed by atoms with Gasteiger partial charge in [-0.15, -0.1) is 0 Å². The van der Waals surface area contributed by atoms with Gasteiger partial charge in [0.25, 0.3) is 0 Å². The molecule has 0 unspecified atom stereocenters. The molecule has 5 heteroatoms. The van der Waals surface area contributed by atoms with Gasteiger partial charge < -0.3 is 4.74 Å². The summed E-state index contributed by atoms with van der Waals surface area (Å²) >= 11 is 6.06. The van der Waals surface area contributed by atoms with Gasteiger partial charge in [-0.1, -0.05) is 18.5 Å². The topological polar surface area (TPSA) is 41.3 Å². The smallest absolute Gasteiger partial charge is 0.250 e. The fourth-order valence-electron chi connectivity index (χ4n) is 3.28. The molecule has 1 N–H and O–H groups in total. The van der Waals surface area contributed by atoms with Crippen LogP contribution >= 0.6 is 11.6 Å². The molecule has 0 spiro atoms. The second-order valence-electron chi connectivity index (χ2n) is 7.02. The number of rotatable bonds is 5. The molecule has 1 heterocycles. The number of nitrogens with one attached hydrogen (secondary N) is 1. The van der Waals surface area contributed by atoms with Crippen molar-refractivity contribution in [3.05, 3.63) is 59.1 Å². The Balaban J connectivity index is 1.91. The Hall–Kier alpha value is -2.33. The maximum atomic E-state index is 12.9. The molecule has 1 aliphatic rings. The van der Waals surface area contributed by atoms with Crippen molar-refractivity contribution >= 4 is 28.9 Å². The molecule has 3 rings (SSSR count). The summed E-state index contributed by atoms with van der Waals surface area (Å²) in [5.41, 5.74) is 1.65. The van der Waals surface area contributed by atoms with Crippen LogP contribution in [-0.2, 0) is 0 Å². The SMILES string of the molecule is COc1ccc(C(=O)C[N+](=C2CC[C@@H](C)CCN2)c2ccc(Cl)cc2)cc1. The molecule has 1 atom stereocenters. The van der Waals surface area contributed by atoms with Crippen LogP contribution in [0.4, 0.5) is 5.69 Å². The van der Waals surface area contributed by atoms with Crippen LogP contribution < -0.4 is 10.1 Å². The van der Waals surface area contributed by atoms with E-state index >= 15 is 0 Å². The zero-order valence-electron chi connectivity index (χ0n) is 15.9. The van der Waals surface area contributed by atoms with Crippen molar-refractivity contribution < 1.29 is 14.1 Å². The number of methoxy groups -OCH3 is 1. The lowest BCUT2D eigenvalue weighted by Crippen LogP contribution is -2.33. The highest BCUT2D eigenvalue weighted by Crippen LogP contribution is 2.20. The van der Waals surface area contributed by atoms with Gasteiger partial charge in [-0.05, 0) is 67.3 Å². The number of hydrogen-bond donors (Lipinski definition) is 1. The lowest BCUT2D eigenvalue weighted by atomic mass is 10.0. The minimum atomic E-state index is 0.0687. The van der Waals surface area contributed by atoms with E-state index in [-0.39, 0.29) is 12.3 Å². The van der Waals surface area contributed by atoms with E-state index in [1.807, 2.05) is 48.5 Å². The van der Waals surface area contributed by atoms with Crippen LogP contribution in [0.2, 0.25) is 5.02 Å². The van der Waals surface area contributed by atoms with Crippen LogP contribution in [0.1, 0.15) is 36.5 Å². The highest BCUT2D eigenvalue weighted by atomic mass is 35.5. The summed E-state index contributed by atoms with van der Waals surface area (Å²) in [6.45, 7) is 3.49. The Morgan fingerprint density at radius 3 is 2.52 bits per heavy atom. The van der Waals surface area contributed by atoms with Crippen molar-refractivity contribution in [2.24, 2.45) is 5.92 Å². The lowest BCUT2D eigenvalue weighted by molar-refractivity contribution is -0.429. The molecule has 0 saturated carbocycles. The lowest BCUT2D eigenvalue weighted by Gasteiger charge is -2.12. The number of Topliss-reactive ketones (excluding diaryl/α,β-unsaturated/α-hetero) is 1. The van der Waals surface area contributed by atoms with E-state index in [2.05, 4.69) is 16.8 Å². The minimum absolute atomic E-state index is 0.0687. The Labute approximate surface area is 165 Å². The highest BCUT2D eigenvalue weighted by Gasteiger charge is 2.23. The first-order valence-electron chi connectivity index (χ1n) is 9.37. The number of carbonyl (C=O) groups is 1. The summed E-state index contributed by atoms with van der Waals surface area (Å²) in [6.07, 6.45) is 3.19. The molecule has 0 aliphatic carbocycles. The molecule has 0 amide bonds. The molecule has 1 aliphatic heterocycles. The predicted molar refractivity (Wildman–Crippen MR) is 110 cm³/mol. The Morgan fingerprint density at radius 2 is 1.85 bits per heavy atom. The van der Waals surface area contributed by atoms with Crippen molar-refractivity contribution in [1.82, 2.24) is 5.32 Å². The van der Waals surface area contributed by atoms with Crippen LogP contribution in [0.5, 0.6) is 5.75 Å². The molecule has 27 heavy (non-hydrogen) atoms. The van der Waals surface area contributed by atoms with Crippen molar-refractivity contribution in [3.8, 4) is 5.75 Å². The molecule has 0 aromatic heterocycles. The van der Waals surface area contributed by atoms with E-state index in [4.69, 9.17) is 16.3 Å². The Bertz CT molecular complexity index is 813. The van der Waals surface area contributed by atoms with Gasteiger partial charge in [0, 0.05) is 17.0 Å². The maximum absolute atomic E-state index is 12.9. The fourth-order valence-corrected chi connectivity index (χ4v) is 3.41. The van der Waals surface area contributed by atoms with Crippen molar-refractivity contribution in [3.63, 3.8) is 0 Å². The maximum Gasteiger partial charge on any atom is 0.250 e. The zero-order chi connectivity index (χ0) is 19.2. The van der Waals surface area contributed by atoms with E-state index in [0.717, 1.165) is 43.1 Å². The first-order valence-corrected chi connectivity index (χ1v) is 9.74. The number of nitrogens with zero attached hydrogens (tertiary/aromatic N) is 1. The average molecular weight is 386 g/mol. The second kappa shape index (κ2) is 9.05. The van der Waals surface area contributed by atoms with Gasteiger partial charge in [-0.3, -0.25) is 10.1 Å². The summed E-state index contributed by atoms with van der Waals surface area (Å²) in [5.74, 6) is 2.59. The zero-order valence-corrected chi connectivity index (χ0v) is 16.6. The first kappa shape index (κ1) is 19.4. The number of ether oxygens (including phenoxy) is 1. The standard InChI is InChI=1S/C22H25ClN2O2/c1-16-3-12-22(24-14-13-16)25(19-8-6-18(23)7-9-19)15-21(26)17-4-10-20(27-2)11-5-17/h4-11,16H,3,12-15H2,1-2H3/p+1/t16-/m1/s1. The number of benzene rings is 2. The fraction of sp³-hybridized carbons (Fsp3) is 0.364. The molecule has 2 aromatic carbocycles. The van der Waals surface area contributed by atoms with E-state index in [0.29, 0.717) is 16.5 Å². The molecule has 142 valence electrons. The molecule has 2 aromatic rings. The molecule has 1 fully saturated rings. The molecule has 0 radical (unpaired) electrons. The summed E-state index contributed by atoms with van der Waals surface area (Å²) in [7, 11) is 1.62. The van der Waals surface area contributed by atoms with E-state index < -0.39 is 0 Å². The normalized spacial score (nSPS) is 19.0. The van der Waals surface area contributed by atoms with E-state index in [1.165, 1.54) is 0 Å². The van der Waals surface area contributed by atoms with Crippen LogP contribution in [0, 0.1) is 5.92 Å². The van der Waals surface area contributed by atoms with Gasteiger partial charge in [-0.25, -0.2) is 4.58 Å². The van der Waals surface area contributed by atoms with Gasteiger partial charge in [0.05, 0.1) is 13.7 Å². The number of carbonyl (C=O) groups excluding carboxylic acids is 1. The third kappa shape index (κ3) is 5.10. The first-order chi connectivity index (χ1) is 13.1. The minimum Gasteiger partial charge on any atom is -0.497 e. The molecular weight excluding hydrogens is 360 g/mol. The molecular formula is C22H26ClN2O2+. The van der Waals surface area contributed by atoms with E-state index in [9.17, 15) is 4.79 Å². The van der Waals surface area contributed by atoms with Crippen molar-refractivity contribution in [2.45, 2.75) is 26.2 Å². The number of halogens is 1. The summed E-state index contributed by atoms with van der Waals surface area (Å²) < 4.78 is 7.27. The molecule has 0 bridgehead atoms. The van der Waals surface area contributed by atoms with Crippen LogP contribution in [0.15, 0.2) is 48.5 Å². The highest BCUT2D eigenvalue weighted by molar-refractivity contribution is 6.30. The third-order valence-corrected chi connectivity index (χ3v) is 5.27. The molecule has 4 nitrogen and oxygen atoms in total. The number of amidine groups is 1. The van der Waals surface area contributed by atoms with Gasteiger partial charge >= 0.3 is 0 Å². The third-order valence-electron chi connectivity index (χ3n) is 5.02. The van der Waals surface area contributed by atoms with E-state index in [1.54, 1.807) is 7.11 Å². The monoisotopic (exact) mass is 385 g/mol.